The number of hydrogen-bond donors (Lipinski definition) is 0. The molecule has 0 aliphatic carbocycles. The van der Waals surface area contributed by atoms with Gasteiger partial charge in [-0.3, -0.25) is 4.79 Å². The summed E-state index contributed by atoms with van der Waals surface area (Å²) in [5.41, 5.74) is 0.330. The maximum atomic E-state index is 11.6. The van der Waals surface area contributed by atoms with Crippen LogP contribution < -0.4 is 0 Å². The number of carbonyl (C=O) groups excluding carboxylic acids is 1. The van der Waals surface area contributed by atoms with Crippen molar-refractivity contribution in [2.75, 3.05) is 0 Å². The third-order valence-corrected chi connectivity index (χ3v) is 2.08. The van der Waals surface area contributed by atoms with E-state index < -0.39 is 0 Å². The van der Waals surface area contributed by atoms with Crippen molar-refractivity contribution in [3.8, 4) is 6.07 Å². The average molecular weight is 205 g/mol. The van der Waals surface area contributed by atoms with Gasteiger partial charge in [0.15, 0.2) is 5.78 Å². The lowest BCUT2D eigenvalue weighted by molar-refractivity contribution is 0.0994. The van der Waals surface area contributed by atoms with Gasteiger partial charge in [-0.1, -0.05) is 20.8 Å². The van der Waals surface area contributed by atoms with Crippen molar-refractivity contribution in [3.05, 3.63) is 23.2 Å². The van der Waals surface area contributed by atoms with E-state index in [-0.39, 0.29) is 17.6 Å². The average Bonchev–Trinajstić information content (AvgIpc) is 2.47. The number of aryl methyl sites for hydroxylation is 1. The molecule has 0 fully saturated rings. The van der Waals surface area contributed by atoms with Crippen molar-refractivity contribution in [1.82, 2.24) is 0 Å². The Morgan fingerprint density at radius 3 is 2.60 bits per heavy atom. The lowest BCUT2D eigenvalue weighted by Gasteiger charge is -2.16. The van der Waals surface area contributed by atoms with E-state index in [1.165, 1.54) is 0 Å². The Kier molecular flexibility index (Phi) is 2.99. The lowest BCUT2D eigenvalue weighted by atomic mass is 9.89. The zero-order valence-electron chi connectivity index (χ0n) is 9.55. The smallest absolute Gasteiger partial charge is 0.180 e. The van der Waals surface area contributed by atoms with E-state index in [1.807, 2.05) is 26.8 Å². The van der Waals surface area contributed by atoms with Gasteiger partial charge in [0.05, 0.1) is 18.1 Å². The van der Waals surface area contributed by atoms with Gasteiger partial charge in [-0.05, 0) is 13.0 Å². The van der Waals surface area contributed by atoms with Crippen molar-refractivity contribution in [1.29, 1.82) is 5.26 Å². The Balaban J connectivity index is 3.19. The molecule has 1 aromatic rings. The van der Waals surface area contributed by atoms with E-state index in [2.05, 4.69) is 0 Å². The van der Waals surface area contributed by atoms with Crippen LogP contribution in [0.25, 0.3) is 0 Å². The molecule has 0 aliphatic rings. The number of ketones is 1. The first-order chi connectivity index (χ1) is 6.86. The largest absolute Gasteiger partial charge is 0.465 e. The summed E-state index contributed by atoms with van der Waals surface area (Å²) in [4.78, 5) is 11.6. The lowest BCUT2D eigenvalue weighted by Crippen LogP contribution is -2.14. The molecule has 15 heavy (non-hydrogen) atoms. The summed E-state index contributed by atoms with van der Waals surface area (Å²) >= 11 is 0. The molecule has 1 heterocycles. The van der Waals surface area contributed by atoms with E-state index in [0.717, 1.165) is 0 Å². The molecule has 0 unspecified atom stereocenters. The maximum Gasteiger partial charge on any atom is 0.180 e. The Labute approximate surface area is 89.7 Å². The minimum atomic E-state index is -0.214. The zero-order chi connectivity index (χ0) is 11.6. The quantitative estimate of drug-likeness (QED) is 0.697. The van der Waals surface area contributed by atoms with Gasteiger partial charge in [0.2, 0.25) is 0 Å². The number of rotatable bonds is 2. The molecule has 0 aliphatic heterocycles. The topological polar surface area (TPSA) is 54.0 Å². The molecule has 1 rings (SSSR count). The van der Waals surface area contributed by atoms with Crippen LogP contribution in [0.2, 0.25) is 0 Å². The minimum Gasteiger partial charge on any atom is -0.465 e. The van der Waals surface area contributed by atoms with Crippen LogP contribution in [0.15, 0.2) is 10.5 Å². The fourth-order valence-corrected chi connectivity index (χ4v) is 1.45. The summed E-state index contributed by atoms with van der Waals surface area (Å²) in [5, 5.41) is 8.50. The second-order valence-corrected chi connectivity index (χ2v) is 4.61. The first-order valence-electron chi connectivity index (χ1n) is 4.87. The van der Waals surface area contributed by atoms with Gasteiger partial charge in [-0.15, -0.1) is 0 Å². The van der Waals surface area contributed by atoms with Crippen molar-refractivity contribution in [3.63, 3.8) is 0 Å². The molecular weight excluding hydrogens is 190 g/mol. The van der Waals surface area contributed by atoms with Gasteiger partial charge in [0, 0.05) is 5.41 Å². The Hall–Kier alpha value is -1.56. The van der Waals surface area contributed by atoms with Crippen LogP contribution in [-0.2, 0) is 5.41 Å². The summed E-state index contributed by atoms with van der Waals surface area (Å²) in [7, 11) is 0. The maximum absolute atomic E-state index is 11.6. The molecule has 3 nitrogen and oxygen atoms in total. The van der Waals surface area contributed by atoms with E-state index in [0.29, 0.717) is 17.1 Å². The van der Waals surface area contributed by atoms with Crippen LogP contribution in [0.5, 0.6) is 0 Å². The van der Waals surface area contributed by atoms with Crippen molar-refractivity contribution in [2.45, 2.75) is 39.5 Å². The highest BCUT2D eigenvalue weighted by molar-refractivity contribution is 5.98. The van der Waals surface area contributed by atoms with E-state index in [9.17, 15) is 4.79 Å². The molecule has 0 radical (unpaired) electrons. The third kappa shape index (κ3) is 2.47. The van der Waals surface area contributed by atoms with Crippen LogP contribution >= 0.6 is 0 Å². The van der Waals surface area contributed by atoms with Gasteiger partial charge in [-0.2, -0.15) is 5.26 Å². The number of furan rings is 1. The third-order valence-electron chi connectivity index (χ3n) is 2.08. The highest BCUT2D eigenvalue weighted by Gasteiger charge is 2.26. The van der Waals surface area contributed by atoms with E-state index >= 15 is 0 Å². The Morgan fingerprint density at radius 2 is 2.13 bits per heavy atom. The van der Waals surface area contributed by atoms with Crippen molar-refractivity contribution in [2.24, 2.45) is 0 Å². The second kappa shape index (κ2) is 3.90. The summed E-state index contributed by atoms with van der Waals surface area (Å²) < 4.78 is 5.52. The van der Waals surface area contributed by atoms with Crippen LogP contribution in [0, 0.1) is 18.3 Å². The molecule has 0 N–H and O–H groups in total. The normalized spacial score (nSPS) is 11.1. The Bertz CT molecular complexity index is 416. The molecule has 3 heteroatoms. The highest BCUT2D eigenvalue weighted by Crippen LogP contribution is 2.29. The highest BCUT2D eigenvalue weighted by atomic mass is 16.3. The molecule has 0 aromatic carbocycles. The summed E-state index contributed by atoms with van der Waals surface area (Å²) in [6.45, 7) is 7.75. The molecular formula is C12H15NO2. The molecule has 0 spiro atoms. The van der Waals surface area contributed by atoms with Crippen LogP contribution in [0.4, 0.5) is 0 Å². The van der Waals surface area contributed by atoms with Crippen molar-refractivity contribution >= 4 is 5.78 Å². The zero-order valence-corrected chi connectivity index (χ0v) is 9.55. The van der Waals surface area contributed by atoms with Crippen LogP contribution in [0.1, 0.15) is 49.1 Å². The fraction of sp³-hybridized carbons (Fsp3) is 0.500. The van der Waals surface area contributed by atoms with Crippen LogP contribution in [-0.4, -0.2) is 5.78 Å². The molecule has 0 amide bonds. The predicted octanol–water partition coefficient (Wildman–Crippen LogP) is 2.98. The van der Waals surface area contributed by atoms with Gasteiger partial charge in [0.25, 0.3) is 0 Å². The van der Waals surface area contributed by atoms with Gasteiger partial charge >= 0.3 is 0 Å². The second-order valence-electron chi connectivity index (χ2n) is 4.61. The van der Waals surface area contributed by atoms with Crippen molar-refractivity contribution < 1.29 is 9.21 Å². The first-order valence-corrected chi connectivity index (χ1v) is 4.87. The van der Waals surface area contributed by atoms with Gasteiger partial charge in [-0.25, -0.2) is 0 Å². The summed E-state index contributed by atoms with van der Waals surface area (Å²) in [6, 6.07) is 3.57. The molecule has 1 aromatic heterocycles. The SMILES string of the molecule is Cc1cc(C(=O)CC#N)c(C(C)(C)C)o1. The predicted molar refractivity (Wildman–Crippen MR) is 56.7 cm³/mol. The van der Waals surface area contributed by atoms with E-state index in [1.54, 1.807) is 13.0 Å². The van der Waals surface area contributed by atoms with Gasteiger partial charge < -0.3 is 4.42 Å². The molecule has 0 atom stereocenters. The number of carbonyl (C=O) groups is 1. The summed E-state index contributed by atoms with van der Waals surface area (Å²) in [5.74, 6) is 1.21. The fourth-order valence-electron chi connectivity index (χ4n) is 1.45. The minimum absolute atomic E-state index is 0.0952. The first kappa shape index (κ1) is 11.5. The van der Waals surface area contributed by atoms with Gasteiger partial charge in [0.1, 0.15) is 11.5 Å². The standard InChI is InChI=1S/C12H15NO2/c1-8-7-9(10(14)5-6-13)11(15-8)12(2,3)4/h7H,5H2,1-4H3. The Morgan fingerprint density at radius 1 is 1.53 bits per heavy atom. The monoisotopic (exact) mass is 205 g/mol. The number of hydrogen-bond acceptors (Lipinski definition) is 3. The number of nitrogens with zero attached hydrogens (tertiary/aromatic N) is 1. The number of Topliss-reactive ketones (excluding diaryl/α,β-unsaturated/α-hetero) is 1. The van der Waals surface area contributed by atoms with E-state index in [4.69, 9.17) is 9.68 Å². The summed E-state index contributed by atoms with van der Waals surface area (Å²) in [6.07, 6.45) is -0.0952. The molecule has 80 valence electrons. The molecule has 0 saturated heterocycles. The molecule has 0 saturated carbocycles. The van der Waals surface area contributed by atoms with Crippen LogP contribution in [0.3, 0.4) is 0 Å². The number of nitriles is 1. The molecule has 0 bridgehead atoms.